The minimum absolute atomic E-state index is 0.0137. The Morgan fingerprint density at radius 2 is 1.92 bits per heavy atom. The van der Waals surface area contributed by atoms with Crippen LogP contribution in [0.2, 0.25) is 0 Å². The van der Waals surface area contributed by atoms with E-state index >= 15 is 0 Å². The van der Waals surface area contributed by atoms with Gasteiger partial charge in [-0.2, -0.15) is 13.2 Å². The van der Waals surface area contributed by atoms with E-state index in [9.17, 15) is 22.8 Å². The SMILES string of the molecule is Cc1ccc(N=C2S[C@H](CC(=O)Nc3cccc(C(F)(F)F)c3)C(=O)N2Cc2ccccn2)c(C)c1. The summed E-state index contributed by atoms with van der Waals surface area (Å²) in [4.78, 5) is 36.4. The first-order valence-electron chi connectivity index (χ1n) is 11.1. The highest BCUT2D eigenvalue weighted by Gasteiger charge is 2.39. The second kappa shape index (κ2) is 10.5. The molecule has 2 aromatic carbocycles. The van der Waals surface area contributed by atoms with E-state index in [1.165, 1.54) is 17.0 Å². The number of rotatable bonds is 6. The monoisotopic (exact) mass is 512 g/mol. The van der Waals surface area contributed by atoms with Gasteiger partial charge in [-0.25, -0.2) is 4.99 Å². The normalized spacial score (nSPS) is 17.0. The van der Waals surface area contributed by atoms with Gasteiger partial charge >= 0.3 is 6.18 Å². The van der Waals surface area contributed by atoms with Crippen molar-refractivity contribution >= 4 is 40.1 Å². The first-order valence-corrected chi connectivity index (χ1v) is 12.0. The summed E-state index contributed by atoms with van der Waals surface area (Å²) < 4.78 is 39.0. The number of benzene rings is 2. The molecule has 0 bridgehead atoms. The number of nitrogens with one attached hydrogen (secondary N) is 1. The summed E-state index contributed by atoms with van der Waals surface area (Å²) in [5, 5.41) is 2.14. The largest absolute Gasteiger partial charge is 0.416 e. The molecule has 1 aliphatic rings. The number of aromatic nitrogens is 1. The van der Waals surface area contributed by atoms with Gasteiger partial charge in [0.05, 0.1) is 23.5 Å². The number of carbonyl (C=O) groups excluding carboxylic acids is 2. The molecule has 1 aliphatic heterocycles. The Labute approximate surface area is 210 Å². The number of halogens is 3. The van der Waals surface area contributed by atoms with Crippen molar-refractivity contribution in [3.8, 4) is 0 Å². The van der Waals surface area contributed by atoms with Gasteiger partial charge in [-0.1, -0.05) is 41.6 Å². The van der Waals surface area contributed by atoms with Crippen molar-refractivity contribution in [3.05, 3.63) is 89.2 Å². The fourth-order valence-corrected chi connectivity index (χ4v) is 4.86. The lowest BCUT2D eigenvalue weighted by Crippen LogP contribution is -2.33. The molecule has 6 nitrogen and oxygen atoms in total. The predicted octanol–water partition coefficient (Wildman–Crippen LogP) is 5.88. The maximum atomic E-state index is 13.3. The molecule has 1 atom stereocenters. The Morgan fingerprint density at radius 1 is 1.11 bits per heavy atom. The first-order chi connectivity index (χ1) is 17.1. The van der Waals surface area contributed by atoms with Crippen LogP contribution in [0.25, 0.3) is 0 Å². The summed E-state index contributed by atoms with van der Waals surface area (Å²) in [5.41, 5.74) is 2.54. The zero-order chi connectivity index (χ0) is 25.9. The molecule has 0 unspecified atom stereocenters. The molecule has 4 rings (SSSR count). The summed E-state index contributed by atoms with van der Waals surface area (Å²) in [6.07, 6.45) is -3.11. The highest BCUT2D eigenvalue weighted by atomic mass is 32.2. The maximum absolute atomic E-state index is 13.3. The average Bonchev–Trinajstić information content (AvgIpc) is 3.10. The zero-order valence-electron chi connectivity index (χ0n) is 19.5. The third-order valence-electron chi connectivity index (χ3n) is 5.48. The number of nitrogens with zero attached hydrogens (tertiary/aromatic N) is 3. The Hall–Kier alpha value is -3.66. The van der Waals surface area contributed by atoms with Crippen molar-refractivity contribution in [1.29, 1.82) is 0 Å². The van der Waals surface area contributed by atoms with E-state index in [1.54, 1.807) is 18.3 Å². The van der Waals surface area contributed by atoms with Crippen LogP contribution >= 0.6 is 11.8 Å². The Balaban J connectivity index is 1.55. The van der Waals surface area contributed by atoms with Crippen molar-refractivity contribution in [3.63, 3.8) is 0 Å². The number of hydrogen-bond donors (Lipinski definition) is 1. The molecule has 2 amide bonds. The quantitative estimate of drug-likeness (QED) is 0.448. The van der Waals surface area contributed by atoms with Crippen molar-refractivity contribution in [2.24, 2.45) is 4.99 Å². The van der Waals surface area contributed by atoms with Gasteiger partial charge in [0, 0.05) is 18.3 Å². The number of pyridine rings is 1. The molecule has 36 heavy (non-hydrogen) atoms. The molecule has 1 aromatic heterocycles. The molecule has 2 heterocycles. The van der Waals surface area contributed by atoms with Gasteiger partial charge in [-0.3, -0.25) is 19.5 Å². The first kappa shape index (κ1) is 25.4. The van der Waals surface area contributed by atoms with Crippen LogP contribution in [0.4, 0.5) is 24.5 Å². The minimum Gasteiger partial charge on any atom is -0.326 e. The van der Waals surface area contributed by atoms with Crippen LogP contribution in [-0.4, -0.2) is 32.1 Å². The highest BCUT2D eigenvalue weighted by molar-refractivity contribution is 8.15. The van der Waals surface area contributed by atoms with E-state index in [2.05, 4.69) is 10.3 Å². The molecule has 186 valence electrons. The van der Waals surface area contributed by atoms with E-state index < -0.39 is 22.9 Å². The number of amides is 2. The van der Waals surface area contributed by atoms with Crippen LogP contribution in [0.1, 0.15) is 28.8 Å². The van der Waals surface area contributed by atoms with Crippen LogP contribution in [0.5, 0.6) is 0 Å². The van der Waals surface area contributed by atoms with Crippen molar-refractivity contribution < 1.29 is 22.8 Å². The molecule has 0 spiro atoms. The molecule has 0 radical (unpaired) electrons. The van der Waals surface area contributed by atoms with Crippen molar-refractivity contribution in [1.82, 2.24) is 9.88 Å². The number of anilines is 1. The third kappa shape index (κ3) is 6.12. The second-order valence-electron chi connectivity index (χ2n) is 8.37. The number of thioether (sulfide) groups is 1. The van der Waals surface area contributed by atoms with Crippen molar-refractivity contribution in [2.75, 3.05) is 5.32 Å². The van der Waals surface area contributed by atoms with Gasteiger partial charge < -0.3 is 5.32 Å². The number of alkyl halides is 3. The van der Waals surface area contributed by atoms with Gasteiger partial charge in [0.15, 0.2) is 5.17 Å². The molecule has 0 saturated carbocycles. The summed E-state index contributed by atoms with van der Waals surface area (Å²) in [6, 6.07) is 15.6. The smallest absolute Gasteiger partial charge is 0.326 e. The van der Waals surface area contributed by atoms with E-state index in [0.717, 1.165) is 35.0 Å². The number of hydrogen-bond acceptors (Lipinski definition) is 5. The van der Waals surface area contributed by atoms with Gasteiger partial charge in [0.25, 0.3) is 0 Å². The lowest BCUT2D eigenvalue weighted by atomic mass is 10.1. The molecule has 1 N–H and O–H groups in total. The van der Waals surface area contributed by atoms with E-state index in [-0.39, 0.29) is 24.6 Å². The summed E-state index contributed by atoms with van der Waals surface area (Å²) >= 11 is 1.16. The molecular formula is C26H23F3N4O2S. The number of amidine groups is 1. The Bertz CT molecular complexity index is 1310. The van der Waals surface area contributed by atoms with Crippen LogP contribution in [0.3, 0.4) is 0 Å². The standard InChI is InChI=1S/C26H23F3N4O2S/c1-16-9-10-21(17(2)12-16)32-25-33(15-20-7-3-4-11-30-20)24(35)22(36-25)14-23(34)31-19-8-5-6-18(13-19)26(27,28)29/h3-13,22H,14-15H2,1-2H3,(H,31,34)/t22-/m1/s1. The number of aliphatic imine (C=N–C) groups is 1. The van der Waals surface area contributed by atoms with E-state index in [1.807, 2.05) is 38.1 Å². The van der Waals surface area contributed by atoms with Crippen LogP contribution in [-0.2, 0) is 22.3 Å². The van der Waals surface area contributed by atoms with Crippen LogP contribution < -0.4 is 5.32 Å². The lowest BCUT2D eigenvalue weighted by molar-refractivity contribution is -0.137. The minimum atomic E-state index is -4.52. The second-order valence-corrected chi connectivity index (χ2v) is 9.54. The van der Waals surface area contributed by atoms with Crippen LogP contribution in [0, 0.1) is 13.8 Å². The van der Waals surface area contributed by atoms with E-state index in [0.29, 0.717) is 16.5 Å². The fraction of sp³-hybridized carbons (Fsp3) is 0.231. The maximum Gasteiger partial charge on any atom is 0.416 e. The van der Waals surface area contributed by atoms with Crippen LogP contribution in [0.15, 0.2) is 71.9 Å². The molecule has 1 fully saturated rings. The molecular weight excluding hydrogens is 489 g/mol. The van der Waals surface area contributed by atoms with Gasteiger partial charge in [-0.05, 0) is 55.8 Å². The predicted molar refractivity (Wildman–Crippen MR) is 134 cm³/mol. The summed E-state index contributed by atoms with van der Waals surface area (Å²) in [6.45, 7) is 4.09. The lowest BCUT2D eigenvalue weighted by Gasteiger charge is -2.16. The van der Waals surface area contributed by atoms with E-state index in [4.69, 9.17) is 4.99 Å². The topological polar surface area (TPSA) is 74.7 Å². The van der Waals surface area contributed by atoms with Crippen molar-refractivity contribution in [2.45, 2.75) is 38.2 Å². The summed E-state index contributed by atoms with van der Waals surface area (Å²) in [7, 11) is 0. The average molecular weight is 513 g/mol. The number of aryl methyl sites for hydroxylation is 2. The highest BCUT2D eigenvalue weighted by Crippen LogP contribution is 2.34. The molecule has 3 aromatic rings. The van der Waals surface area contributed by atoms with Gasteiger partial charge in [0.2, 0.25) is 11.8 Å². The molecule has 0 aliphatic carbocycles. The summed E-state index contributed by atoms with van der Waals surface area (Å²) in [5.74, 6) is -0.876. The molecule has 10 heteroatoms. The molecule has 1 saturated heterocycles. The Morgan fingerprint density at radius 3 is 2.61 bits per heavy atom. The third-order valence-corrected chi connectivity index (χ3v) is 6.65. The number of carbonyl (C=O) groups is 2. The Kier molecular flexibility index (Phi) is 7.44. The van der Waals surface area contributed by atoms with Gasteiger partial charge in [0.1, 0.15) is 5.25 Å². The fourth-order valence-electron chi connectivity index (χ4n) is 3.71. The van der Waals surface area contributed by atoms with Gasteiger partial charge in [-0.15, -0.1) is 0 Å². The zero-order valence-corrected chi connectivity index (χ0v) is 20.4.